The van der Waals surface area contributed by atoms with Gasteiger partial charge in [-0.2, -0.15) is 0 Å². The second-order valence-corrected chi connectivity index (χ2v) is 5.92. The Labute approximate surface area is 137 Å². The zero-order valence-corrected chi connectivity index (χ0v) is 13.7. The Morgan fingerprint density at radius 3 is 2.43 bits per heavy atom. The summed E-state index contributed by atoms with van der Waals surface area (Å²) in [5, 5.41) is 12.0. The number of carbonyl (C=O) groups excluding carboxylic acids is 1. The molecule has 0 aliphatic rings. The van der Waals surface area contributed by atoms with Gasteiger partial charge in [0.1, 0.15) is 0 Å². The van der Waals surface area contributed by atoms with E-state index in [1.807, 2.05) is 36.4 Å². The van der Waals surface area contributed by atoms with Crippen LogP contribution >= 0.6 is 0 Å². The number of aliphatic hydroxyl groups is 1. The first-order valence-corrected chi connectivity index (χ1v) is 7.82. The van der Waals surface area contributed by atoms with Gasteiger partial charge in [-0.3, -0.25) is 9.69 Å². The fourth-order valence-corrected chi connectivity index (χ4v) is 2.42. The Balaban J connectivity index is 1.95. The smallest absolute Gasteiger partial charge is 0.251 e. The first-order chi connectivity index (χ1) is 11.0. The molecule has 0 bridgehead atoms. The van der Waals surface area contributed by atoms with E-state index >= 15 is 0 Å². The molecule has 0 aromatic heterocycles. The highest BCUT2D eigenvalue weighted by Gasteiger charge is 2.08. The summed E-state index contributed by atoms with van der Waals surface area (Å²) in [5.41, 5.74) is 2.98. The molecule has 0 saturated heterocycles. The SMILES string of the molecule is CC(O)CNC(=O)c1cccc(CN(C)Cc2ccccc2)c1. The summed E-state index contributed by atoms with van der Waals surface area (Å²) in [7, 11) is 2.06. The summed E-state index contributed by atoms with van der Waals surface area (Å²) in [4.78, 5) is 14.3. The van der Waals surface area contributed by atoms with E-state index in [2.05, 4.69) is 29.4 Å². The van der Waals surface area contributed by atoms with E-state index in [4.69, 9.17) is 0 Å². The van der Waals surface area contributed by atoms with Crippen LogP contribution in [0.2, 0.25) is 0 Å². The van der Waals surface area contributed by atoms with Gasteiger partial charge in [-0.15, -0.1) is 0 Å². The Kier molecular flexibility index (Phi) is 6.32. The number of rotatable bonds is 7. The van der Waals surface area contributed by atoms with Crippen molar-refractivity contribution in [1.82, 2.24) is 10.2 Å². The summed E-state index contributed by atoms with van der Waals surface area (Å²) < 4.78 is 0. The Bertz CT molecular complexity index is 626. The molecule has 0 fully saturated rings. The van der Waals surface area contributed by atoms with Crippen molar-refractivity contribution in [1.29, 1.82) is 0 Å². The molecular weight excluding hydrogens is 288 g/mol. The topological polar surface area (TPSA) is 52.6 Å². The highest BCUT2D eigenvalue weighted by atomic mass is 16.3. The molecule has 4 nitrogen and oxygen atoms in total. The van der Waals surface area contributed by atoms with Crippen LogP contribution in [0.5, 0.6) is 0 Å². The standard InChI is InChI=1S/C19H24N2O2/c1-15(22)12-20-19(23)18-10-6-9-17(11-18)14-21(2)13-16-7-4-3-5-8-16/h3-11,15,22H,12-14H2,1-2H3,(H,20,23). The number of nitrogens with one attached hydrogen (secondary N) is 1. The lowest BCUT2D eigenvalue weighted by molar-refractivity contribution is 0.0924. The van der Waals surface area contributed by atoms with Crippen molar-refractivity contribution < 1.29 is 9.90 Å². The predicted molar refractivity (Wildman–Crippen MR) is 92.1 cm³/mol. The van der Waals surface area contributed by atoms with E-state index in [1.54, 1.807) is 13.0 Å². The van der Waals surface area contributed by atoms with Crippen molar-refractivity contribution in [2.75, 3.05) is 13.6 Å². The number of carbonyl (C=O) groups is 1. The third-order valence-electron chi connectivity index (χ3n) is 3.50. The molecule has 2 aromatic carbocycles. The van der Waals surface area contributed by atoms with Crippen LogP contribution in [0.15, 0.2) is 54.6 Å². The van der Waals surface area contributed by atoms with Crippen LogP contribution in [-0.2, 0) is 13.1 Å². The number of aliphatic hydroxyl groups excluding tert-OH is 1. The summed E-state index contributed by atoms with van der Waals surface area (Å²) in [6.45, 7) is 3.54. The fraction of sp³-hybridized carbons (Fsp3) is 0.316. The molecule has 0 aliphatic heterocycles. The monoisotopic (exact) mass is 312 g/mol. The summed E-state index contributed by atoms with van der Waals surface area (Å²) in [6, 6.07) is 17.9. The van der Waals surface area contributed by atoms with Gasteiger partial charge in [-0.1, -0.05) is 42.5 Å². The molecule has 2 rings (SSSR count). The van der Waals surface area contributed by atoms with E-state index in [1.165, 1.54) is 5.56 Å². The number of nitrogens with zero attached hydrogens (tertiary/aromatic N) is 1. The molecule has 4 heteroatoms. The van der Waals surface area contributed by atoms with Crippen LogP contribution < -0.4 is 5.32 Å². The molecule has 1 unspecified atom stereocenters. The molecule has 122 valence electrons. The maximum atomic E-state index is 12.0. The molecule has 1 atom stereocenters. The maximum absolute atomic E-state index is 12.0. The summed E-state index contributed by atoms with van der Waals surface area (Å²) in [5.74, 6) is -0.154. The number of amides is 1. The zero-order chi connectivity index (χ0) is 16.7. The van der Waals surface area contributed by atoms with Crippen LogP contribution in [0.25, 0.3) is 0 Å². The minimum absolute atomic E-state index is 0.154. The molecule has 2 aromatic rings. The maximum Gasteiger partial charge on any atom is 0.251 e. The van der Waals surface area contributed by atoms with Crippen LogP contribution in [0.1, 0.15) is 28.4 Å². The largest absolute Gasteiger partial charge is 0.392 e. The molecule has 0 radical (unpaired) electrons. The van der Waals surface area contributed by atoms with Crippen LogP contribution in [0.3, 0.4) is 0 Å². The second kappa shape index (κ2) is 8.46. The average molecular weight is 312 g/mol. The fourth-order valence-electron chi connectivity index (χ4n) is 2.42. The van der Waals surface area contributed by atoms with Crippen molar-refractivity contribution in [2.45, 2.75) is 26.1 Å². The molecule has 0 aliphatic carbocycles. The Morgan fingerprint density at radius 2 is 1.74 bits per heavy atom. The predicted octanol–water partition coefficient (Wildman–Crippen LogP) is 2.43. The highest BCUT2D eigenvalue weighted by molar-refractivity contribution is 5.94. The third kappa shape index (κ3) is 5.85. The molecule has 0 spiro atoms. The van der Waals surface area contributed by atoms with Crippen LogP contribution in [0, 0.1) is 0 Å². The van der Waals surface area contributed by atoms with Crippen molar-refractivity contribution in [3.8, 4) is 0 Å². The first kappa shape index (κ1) is 17.2. The molecule has 2 N–H and O–H groups in total. The van der Waals surface area contributed by atoms with Gasteiger partial charge in [0, 0.05) is 25.2 Å². The Morgan fingerprint density at radius 1 is 1.09 bits per heavy atom. The van der Waals surface area contributed by atoms with E-state index < -0.39 is 6.10 Å². The number of hydrogen-bond donors (Lipinski definition) is 2. The zero-order valence-electron chi connectivity index (χ0n) is 13.7. The number of hydrogen-bond acceptors (Lipinski definition) is 3. The van der Waals surface area contributed by atoms with Crippen LogP contribution in [0.4, 0.5) is 0 Å². The molecule has 23 heavy (non-hydrogen) atoms. The van der Waals surface area contributed by atoms with Crippen LogP contribution in [-0.4, -0.2) is 35.6 Å². The van der Waals surface area contributed by atoms with Crippen molar-refractivity contribution in [3.63, 3.8) is 0 Å². The molecular formula is C19H24N2O2. The number of benzene rings is 2. The minimum Gasteiger partial charge on any atom is -0.392 e. The summed E-state index contributed by atoms with van der Waals surface area (Å²) >= 11 is 0. The molecule has 0 saturated carbocycles. The van der Waals surface area contributed by atoms with Crippen molar-refractivity contribution in [2.24, 2.45) is 0 Å². The minimum atomic E-state index is -0.542. The lowest BCUT2D eigenvalue weighted by Gasteiger charge is -2.17. The lowest BCUT2D eigenvalue weighted by atomic mass is 10.1. The molecule has 1 amide bonds. The van der Waals surface area contributed by atoms with Gasteiger partial charge < -0.3 is 10.4 Å². The lowest BCUT2D eigenvalue weighted by Crippen LogP contribution is -2.30. The van der Waals surface area contributed by atoms with Gasteiger partial charge in [-0.25, -0.2) is 0 Å². The van der Waals surface area contributed by atoms with Gasteiger partial charge in [0.2, 0.25) is 0 Å². The quantitative estimate of drug-likeness (QED) is 0.825. The van der Waals surface area contributed by atoms with E-state index in [9.17, 15) is 9.90 Å². The molecule has 0 heterocycles. The van der Waals surface area contributed by atoms with E-state index in [-0.39, 0.29) is 12.5 Å². The van der Waals surface area contributed by atoms with Gasteiger partial charge >= 0.3 is 0 Å². The summed E-state index contributed by atoms with van der Waals surface area (Å²) in [6.07, 6.45) is -0.542. The van der Waals surface area contributed by atoms with Crippen molar-refractivity contribution >= 4 is 5.91 Å². The van der Waals surface area contributed by atoms with E-state index in [0.717, 1.165) is 18.7 Å². The third-order valence-corrected chi connectivity index (χ3v) is 3.50. The van der Waals surface area contributed by atoms with Crippen molar-refractivity contribution in [3.05, 3.63) is 71.3 Å². The normalized spacial score (nSPS) is 12.2. The van der Waals surface area contributed by atoms with Gasteiger partial charge in [0.25, 0.3) is 5.91 Å². The van der Waals surface area contributed by atoms with Gasteiger partial charge in [0.15, 0.2) is 0 Å². The first-order valence-electron chi connectivity index (χ1n) is 7.82. The van der Waals surface area contributed by atoms with Gasteiger partial charge in [-0.05, 0) is 37.2 Å². The Hall–Kier alpha value is -2.17. The highest BCUT2D eigenvalue weighted by Crippen LogP contribution is 2.10. The second-order valence-electron chi connectivity index (χ2n) is 5.92. The van der Waals surface area contributed by atoms with Gasteiger partial charge in [0.05, 0.1) is 6.10 Å². The van der Waals surface area contributed by atoms with E-state index in [0.29, 0.717) is 5.56 Å². The average Bonchev–Trinajstić information content (AvgIpc) is 2.53.